The van der Waals surface area contributed by atoms with Crippen molar-refractivity contribution in [2.75, 3.05) is 0 Å². The Morgan fingerprint density at radius 1 is 1.29 bits per heavy atom. The largest absolute Gasteiger partial charge is 0.358 e. The van der Waals surface area contributed by atoms with Crippen LogP contribution in [0.15, 0.2) is 42.5 Å². The van der Waals surface area contributed by atoms with E-state index in [1.807, 2.05) is 6.08 Å². The number of aryl methyl sites for hydroxylation is 1. The van der Waals surface area contributed by atoms with E-state index in [1.165, 1.54) is 16.6 Å². The van der Waals surface area contributed by atoms with Crippen molar-refractivity contribution in [1.82, 2.24) is 4.98 Å². The minimum absolute atomic E-state index is 1.05. The molecule has 1 heterocycles. The van der Waals surface area contributed by atoms with Crippen molar-refractivity contribution < 1.29 is 0 Å². The summed E-state index contributed by atoms with van der Waals surface area (Å²) in [5.74, 6) is 0. The summed E-state index contributed by atoms with van der Waals surface area (Å²) in [6.45, 7) is 3.67. The first kappa shape index (κ1) is 9.07. The lowest BCUT2D eigenvalue weighted by Gasteiger charge is -1.90. The second-order valence-corrected chi connectivity index (χ2v) is 3.39. The number of nitrogens with one attached hydrogen (secondary N) is 1. The Morgan fingerprint density at radius 3 is 2.93 bits per heavy atom. The molecule has 1 radical (unpaired) electrons. The second kappa shape index (κ2) is 4.14. The molecule has 1 heteroatoms. The van der Waals surface area contributed by atoms with Gasteiger partial charge in [0, 0.05) is 11.2 Å². The average Bonchev–Trinajstić information content (AvgIpc) is 2.60. The van der Waals surface area contributed by atoms with Crippen molar-refractivity contribution in [3.63, 3.8) is 0 Å². The van der Waals surface area contributed by atoms with Gasteiger partial charge in [-0.3, -0.25) is 0 Å². The summed E-state index contributed by atoms with van der Waals surface area (Å²) in [6, 6.07) is 10.6. The summed E-state index contributed by atoms with van der Waals surface area (Å²) in [5.41, 5.74) is 2.52. The van der Waals surface area contributed by atoms with E-state index in [0.717, 1.165) is 12.8 Å². The molecule has 0 saturated carbocycles. The number of aromatic amines is 1. The van der Waals surface area contributed by atoms with Crippen molar-refractivity contribution in [3.05, 3.63) is 55.1 Å². The zero-order valence-electron chi connectivity index (χ0n) is 8.16. The third-order valence-electron chi connectivity index (χ3n) is 2.33. The quantitative estimate of drug-likeness (QED) is 0.751. The fraction of sp³-hybridized carbons (Fsp3) is 0.154. The van der Waals surface area contributed by atoms with Crippen LogP contribution in [0.4, 0.5) is 0 Å². The lowest BCUT2D eigenvalue weighted by Crippen LogP contribution is -1.81. The fourth-order valence-corrected chi connectivity index (χ4v) is 1.62. The highest BCUT2D eigenvalue weighted by molar-refractivity contribution is 5.80. The van der Waals surface area contributed by atoms with Gasteiger partial charge in [0.25, 0.3) is 0 Å². The van der Waals surface area contributed by atoms with Crippen LogP contribution in [-0.4, -0.2) is 4.98 Å². The lowest BCUT2D eigenvalue weighted by atomic mass is 10.2. The van der Waals surface area contributed by atoms with E-state index in [1.54, 1.807) is 0 Å². The van der Waals surface area contributed by atoms with E-state index >= 15 is 0 Å². The minimum Gasteiger partial charge on any atom is -0.358 e. The monoisotopic (exact) mass is 184 g/mol. The van der Waals surface area contributed by atoms with Gasteiger partial charge in [-0.2, -0.15) is 0 Å². The molecule has 0 bridgehead atoms. The summed E-state index contributed by atoms with van der Waals surface area (Å²) in [7, 11) is 0. The van der Waals surface area contributed by atoms with Crippen LogP contribution in [0, 0.1) is 6.92 Å². The molecule has 0 amide bonds. The number of allylic oxidation sites excluding steroid dienone is 2. The molecule has 0 aliphatic carbocycles. The summed E-state index contributed by atoms with van der Waals surface area (Å²) in [5, 5.41) is 1.29. The Balaban J connectivity index is 2.18. The molecule has 0 aliphatic rings. The van der Waals surface area contributed by atoms with Gasteiger partial charge in [-0.05, 0) is 37.3 Å². The first-order valence-electron chi connectivity index (χ1n) is 4.91. The minimum atomic E-state index is 1.05. The van der Waals surface area contributed by atoms with Gasteiger partial charge in [-0.25, -0.2) is 0 Å². The first-order chi connectivity index (χ1) is 6.90. The van der Waals surface area contributed by atoms with Crippen LogP contribution in [-0.2, 0) is 6.42 Å². The summed E-state index contributed by atoms with van der Waals surface area (Å²) >= 11 is 0. The Morgan fingerprint density at radius 2 is 2.14 bits per heavy atom. The predicted molar refractivity (Wildman–Crippen MR) is 61.1 cm³/mol. The number of para-hydroxylation sites is 1. The van der Waals surface area contributed by atoms with Crippen LogP contribution >= 0.6 is 0 Å². The van der Waals surface area contributed by atoms with E-state index < -0.39 is 0 Å². The molecule has 2 aromatic rings. The molecule has 1 N–H and O–H groups in total. The van der Waals surface area contributed by atoms with Crippen molar-refractivity contribution in [1.29, 1.82) is 0 Å². The van der Waals surface area contributed by atoms with Gasteiger partial charge >= 0.3 is 0 Å². The Kier molecular flexibility index (Phi) is 2.68. The maximum atomic E-state index is 3.67. The van der Waals surface area contributed by atoms with Crippen molar-refractivity contribution in [2.24, 2.45) is 0 Å². The van der Waals surface area contributed by atoms with Crippen LogP contribution in [0.1, 0.15) is 12.1 Å². The third-order valence-corrected chi connectivity index (χ3v) is 2.33. The Labute approximate surface area is 84.5 Å². The van der Waals surface area contributed by atoms with Gasteiger partial charge in [0.2, 0.25) is 0 Å². The van der Waals surface area contributed by atoms with E-state index in [4.69, 9.17) is 0 Å². The molecule has 1 aromatic carbocycles. The molecular weight excluding hydrogens is 170 g/mol. The number of hydrogen-bond acceptors (Lipinski definition) is 0. The molecule has 0 fully saturated rings. The summed E-state index contributed by atoms with van der Waals surface area (Å²) in [6.07, 6.45) is 6.05. The molecule has 71 valence electrons. The number of hydrogen-bond donors (Lipinski definition) is 1. The number of H-pyrrole nitrogens is 1. The molecule has 0 atom stereocenters. The van der Waals surface area contributed by atoms with E-state index in [2.05, 4.69) is 48.3 Å². The highest BCUT2D eigenvalue weighted by Crippen LogP contribution is 2.15. The molecule has 1 nitrogen and oxygen atoms in total. The van der Waals surface area contributed by atoms with E-state index in [0.29, 0.717) is 0 Å². The number of fused-ring (bicyclic) bond motifs is 1. The van der Waals surface area contributed by atoms with Crippen LogP contribution in [0.25, 0.3) is 10.9 Å². The average molecular weight is 184 g/mol. The van der Waals surface area contributed by atoms with Crippen molar-refractivity contribution in [3.8, 4) is 0 Å². The third kappa shape index (κ3) is 1.87. The Hall–Kier alpha value is -1.50. The first-order valence-corrected chi connectivity index (χ1v) is 4.91. The molecule has 0 aliphatic heterocycles. The van der Waals surface area contributed by atoms with Crippen LogP contribution in [0.3, 0.4) is 0 Å². The predicted octanol–water partition coefficient (Wildman–Crippen LogP) is 3.49. The number of benzene rings is 1. The van der Waals surface area contributed by atoms with Gasteiger partial charge in [0.1, 0.15) is 0 Å². The highest BCUT2D eigenvalue weighted by atomic mass is 14.7. The standard InChI is InChI=1S/C13H14N/c1-2-3-4-8-12-10-11-7-5-6-9-13(11)14-12/h2-3,5-7,9-10,14H,1,4,8H2/b3-2+. The van der Waals surface area contributed by atoms with Crippen molar-refractivity contribution in [2.45, 2.75) is 12.8 Å². The Bertz CT molecular complexity index is 404. The van der Waals surface area contributed by atoms with Gasteiger partial charge in [-0.15, -0.1) is 0 Å². The zero-order valence-corrected chi connectivity index (χ0v) is 8.16. The van der Waals surface area contributed by atoms with Gasteiger partial charge in [-0.1, -0.05) is 30.4 Å². The topological polar surface area (TPSA) is 15.8 Å². The zero-order chi connectivity index (χ0) is 9.80. The molecule has 2 rings (SSSR count). The van der Waals surface area contributed by atoms with Gasteiger partial charge in [0.15, 0.2) is 0 Å². The molecular formula is C13H14N. The van der Waals surface area contributed by atoms with Crippen LogP contribution in [0.5, 0.6) is 0 Å². The molecule has 0 spiro atoms. The maximum Gasteiger partial charge on any atom is 0.0456 e. The van der Waals surface area contributed by atoms with Gasteiger partial charge in [0.05, 0.1) is 0 Å². The van der Waals surface area contributed by atoms with Crippen LogP contribution < -0.4 is 0 Å². The lowest BCUT2D eigenvalue weighted by molar-refractivity contribution is 0.964. The molecule has 1 aromatic heterocycles. The number of rotatable bonds is 3. The highest BCUT2D eigenvalue weighted by Gasteiger charge is 1.97. The SMILES string of the molecule is [CH2]/C=C/CCc1cc2ccccc2[nH]1. The van der Waals surface area contributed by atoms with E-state index in [9.17, 15) is 0 Å². The second-order valence-electron chi connectivity index (χ2n) is 3.39. The smallest absolute Gasteiger partial charge is 0.0456 e. The van der Waals surface area contributed by atoms with E-state index in [-0.39, 0.29) is 0 Å². The number of aromatic nitrogens is 1. The summed E-state index contributed by atoms with van der Waals surface area (Å²) < 4.78 is 0. The normalized spacial score (nSPS) is 11.5. The molecule has 0 saturated heterocycles. The van der Waals surface area contributed by atoms with Crippen LogP contribution in [0.2, 0.25) is 0 Å². The molecule has 14 heavy (non-hydrogen) atoms. The van der Waals surface area contributed by atoms with Gasteiger partial charge < -0.3 is 4.98 Å². The maximum absolute atomic E-state index is 3.67. The fourth-order valence-electron chi connectivity index (χ4n) is 1.62. The molecule has 0 unspecified atom stereocenters. The van der Waals surface area contributed by atoms with Crippen molar-refractivity contribution >= 4 is 10.9 Å². The summed E-state index contributed by atoms with van der Waals surface area (Å²) in [4.78, 5) is 3.40.